The molecule has 4 heteroatoms. The number of carbonyl (C=O) groups is 1. The number of carboxylic acids is 1. The normalized spacial score (nSPS) is 10.4. The minimum absolute atomic E-state index is 0.335. The van der Waals surface area contributed by atoms with Crippen molar-refractivity contribution in [2.24, 2.45) is 0 Å². The summed E-state index contributed by atoms with van der Waals surface area (Å²) in [5, 5.41) is 8.42. The van der Waals surface area contributed by atoms with Gasteiger partial charge in [0.2, 0.25) is 0 Å². The number of aliphatic carboxylic acids is 1. The van der Waals surface area contributed by atoms with Gasteiger partial charge in [0.15, 0.2) is 0 Å². The molecular weight excluding hydrogens is 303 g/mol. The summed E-state index contributed by atoms with van der Waals surface area (Å²) in [6, 6.07) is 0. The first-order valence-electron chi connectivity index (χ1n) is 5.33. The van der Waals surface area contributed by atoms with E-state index >= 15 is 0 Å². The number of carboxylic acid groups (broad SMARTS) is 1. The molecule has 1 N–H and O–H groups in total. The first-order chi connectivity index (χ1) is 6.77. The Hall–Kier alpha value is 0.619. The van der Waals surface area contributed by atoms with Crippen LogP contribution < -0.4 is 0 Å². The van der Waals surface area contributed by atoms with Crippen molar-refractivity contribution in [3.63, 3.8) is 0 Å². The third kappa shape index (κ3) is 12.6. The molecule has 0 rings (SSSR count). The molecule has 0 aromatic carbocycles. The molecule has 0 bridgehead atoms. The molecule has 0 spiro atoms. The van der Waals surface area contributed by atoms with Crippen LogP contribution in [0.15, 0.2) is 0 Å². The van der Waals surface area contributed by atoms with E-state index in [9.17, 15) is 4.79 Å². The van der Waals surface area contributed by atoms with Crippen LogP contribution in [0.2, 0.25) is 4.44 Å². The Morgan fingerprint density at radius 1 is 1.21 bits per heavy atom. The maximum absolute atomic E-state index is 10.2. The number of hydrogen-bond donors (Lipinski definition) is 1. The monoisotopic (exact) mass is 324 g/mol. The fraction of sp³-hybridized carbons (Fsp3) is 0.900. The van der Waals surface area contributed by atoms with Crippen LogP contribution in [0.4, 0.5) is 0 Å². The molecule has 0 atom stereocenters. The van der Waals surface area contributed by atoms with E-state index in [1.807, 2.05) is 0 Å². The van der Waals surface area contributed by atoms with Gasteiger partial charge in [-0.2, -0.15) is 0 Å². The fourth-order valence-electron chi connectivity index (χ4n) is 1.16. The number of hydrogen-bond acceptors (Lipinski definition) is 2. The van der Waals surface area contributed by atoms with Gasteiger partial charge in [-0.25, -0.2) is 0 Å². The molecule has 2 radical (unpaired) electrons. The van der Waals surface area contributed by atoms with E-state index in [4.69, 9.17) is 5.11 Å². The molecule has 0 aliphatic rings. The molecule has 0 unspecified atom stereocenters. The Balaban J connectivity index is 2.88. The molecule has 14 heavy (non-hydrogen) atoms. The SMILES string of the molecule is CCCCCCC[CH2][Sn][S]CC(=O)O. The minimum atomic E-state index is -0.654. The topological polar surface area (TPSA) is 37.3 Å². The average Bonchev–Trinajstić information content (AvgIpc) is 2.15. The second kappa shape index (κ2) is 11.7. The van der Waals surface area contributed by atoms with Gasteiger partial charge in [0.05, 0.1) is 0 Å². The summed E-state index contributed by atoms with van der Waals surface area (Å²) in [7, 11) is 1.70. The van der Waals surface area contributed by atoms with Gasteiger partial charge >= 0.3 is 100 Å². The summed E-state index contributed by atoms with van der Waals surface area (Å²) in [6.45, 7) is 2.23. The van der Waals surface area contributed by atoms with Crippen LogP contribution in [0.5, 0.6) is 0 Å². The van der Waals surface area contributed by atoms with Gasteiger partial charge in [0, 0.05) is 0 Å². The zero-order valence-corrected chi connectivity index (χ0v) is 12.6. The summed E-state index contributed by atoms with van der Waals surface area (Å²) in [6.07, 6.45) is 8.12. The molecule has 0 aliphatic heterocycles. The van der Waals surface area contributed by atoms with E-state index < -0.39 is 5.97 Å². The van der Waals surface area contributed by atoms with Crippen LogP contribution in [0, 0.1) is 0 Å². The second-order valence-electron chi connectivity index (χ2n) is 3.34. The van der Waals surface area contributed by atoms with Gasteiger partial charge in [-0.05, 0) is 0 Å². The molecule has 0 aromatic heterocycles. The summed E-state index contributed by atoms with van der Waals surface area (Å²) < 4.78 is 1.34. The van der Waals surface area contributed by atoms with Gasteiger partial charge in [-0.1, -0.05) is 0 Å². The third-order valence-corrected chi connectivity index (χ3v) is 8.47. The van der Waals surface area contributed by atoms with E-state index in [0.717, 1.165) is 0 Å². The quantitative estimate of drug-likeness (QED) is 0.496. The predicted octanol–water partition coefficient (Wildman–Crippen LogP) is 3.20. The van der Waals surface area contributed by atoms with Crippen molar-refractivity contribution in [1.29, 1.82) is 0 Å². The van der Waals surface area contributed by atoms with Gasteiger partial charge in [-0.15, -0.1) is 0 Å². The predicted molar refractivity (Wildman–Crippen MR) is 64.0 cm³/mol. The van der Waals surface area contributed by atoms with E-state index in [2.05, 4.69) is 6.92 Å². The van der Waals surface area contributed by atoms with E-state index in [1.54, 1.807) is 8.95 Å². The van der Waals surface area contributed by atoms with Crippen molar-refractivity contribution in [2.75, 3.05) is 5.75 Å². The van der Waals surface area contributed by atoms with Gasteiger partial charge in [-0.3, -0.25) is 0 Å². The van der Waals surface area contributed by atoms with Crippen molar-refractivity contribution in [2.45, 2.75) is 49.9 Å². The molecule has 0 fully saturated rings. The zero-order valence-electron chi connectivity index (χ0n) is 8.92. The number of unbranched alkanes of at least 4 members (excludes halogenated alkanes) is 5. The molecule has 0 aliphatic carbocycles. The van der Waals surface area contributed by atoms with Crippen LogP contribution in [0.25, 0.3) is 0 Å². The molecule has 0 heterocycles. The standard InChI is InChI=1S/C8H17.C2H4O2S.Sn/c1-3-5-7-8-6-4-2;3-2(4)1-5;/h1,3-8H2,2H3;5H,1H2,(H,3,4);/q;;+1/p-1. The Morgan fingerprint density at radius 2 is 1.86 bits per heavy atom. The van der Waals surface area contributed by atoms with Crippen molar-refractivity contribution in [1.82, 2.24) is 0 Å². The molecule has 82 valence electrons. The zero-order chi connectivity index (χ0) is 10.6. The van der Waals surface area contributed by atoms with Gasteiger partial charge in [0.25, 0.3) is 0 Å². The summed E-state index contributed by atoms with van der Waals surface area (Å²) in [4.78, 5) is 10.2. The Labute approximate surface area is 99.9 Å². The first-order valence-corrected chi connectivity index (χ1v) is 11.8. The summed E-state index contributed by atoms with van der Waals surface area (Å²) >= 11 is -0.389. The molecule has 0 saturated carbocycles. The summed E-state index contributed by atoms with van der Waals surface area (Å²) in [5.74, 6) is -0.319. The van der Waals surface area contributed by atoms with E-state index in [-0.39, 0.29) is 19.8 Å². The fourth-order valence-corrected chi connectivity index (χ4v) is 6.79. The van der Waals surface area contributed by atoms with Crippen LogP contribution in [-0.4, -0.2) is 36.6 Å². The van der Waals surface area contributed by atoms with Gasteiger partial charge < -0.3 is 0 Å². The van der Waals surface area contributed by atoms with Gasteiger partial charge in [0.1, 0.15) is 0 Å². The van der Waals surface area contributed by atoms with Crippen LogP contribution in [0.3, 0.4) is 0 Å². The van der Waals surface area contributed by atoms with Crippen LogP contribution >= 0.6 is 8.95 Å². The molecular formula is C10H20O2SSn. The van der Waals surface area contributed by atoms with E-state index in [0.29, 0.717) is 5.75 Å². The first kappa shape index (κ1) is 14.6. The second-order valence-corrected chi connectivity index (χ2v) is 10.6. The van der Waals surface area contributed by atoms with E-state index in [1.165, 1.54) is 43.0 Å². The van der Waals surface area contributed by atoms with Crippen molar-refractivity contribution in [3.05, 3.63) is 0 Å². The summed E-state index contributed by atoms with van der Waals surface area (Å²) in [5.41, 5.74) is 0. The number of rotatable bonds is 10. The molecule has 2 nitrogen and oxygen atoms in total. The third-order valence-electron chi connectivity index (χ3n) is 1.93. The van der Waals surface area contributed by atoms with Crippen molar-refractivity contribution < 1.29 is 9.90 Å². The Kier molecular flexibility index (Phi) is 12.2. The Morgan fingerprint density at radius 3 is 2.50 bits per heavy atom. The molecule has 0 aromatic rings. The maximum atomic E-state index is 10.2. The van der Waals surface area contributed by atoms with Crippen LogP contribution in [-0.2, 0) is 4.79 Å². The van der Waals surface area contributed by atoms with Crippen LogP contribution in [0.1, 0.15) is 45.4 Å². The Bertz CT molecular complexity index is 142. The van der Waals surface area contributed by atoms with Crippen molar-refractivity contribution in [3.8, 4) is 0 Å². The molecule has 0 amide bonds. The average molecular weight is 323 g/mol. The molecule has 0 saturated heterocycles. The van der Waals surface area contributed by atoms with Crippen molar-refractivity contribution >= 4 is 34.7 Å².